The molecule has 0 aliphatic carbocycles. The standard InChI is InChI=1S/C15H19BrN2S/c1-2-9-18(11-14-7-8-15(16)19-14)10-12-3-5-13(17)6-4-12/h3-8H,2,9-11,17H2,1H3. The Kier molecular flexibility index (Phi) is 5.43. The lowest BCUT2D eigenvalue weighted by Crippen LogP contribution is -2.23. The van der Waals surface area contributed by atoms with Crippen molar-refractivity contribution in [1.82, 2.24) is 4.90 Å². The van der Waals surface area contributed by atoms with Gasteiger partial charge in [0, 0.05) is 23.7 Å². The van der Waals surface area contributed by atoms with Gasteiger partial charge in [-0.05, 0) is 58.7 Å². The number of nitrogens with zero attached hydrogens (tertiary/aromatic N) is 1. The van der Waals surface area contributed by atoms with Crippen molar-refractivity contribution in [3.8, 4) is 0 Å². The molecule has 0 spiro atoms. The van der Waals surface area contributed by atoms with Crippen LogP contribution in [0.4, 0.5) is 5.69 Å². The van der Waals surface area contributed by atoms with Crippen LogP contribution in [0.5, 0.6) is 0 Å². The van der Waals surface area contributed by atoms with E-state index in [1.54, 1.807) is 0 Å². The van der Waals surface area contributed by atoms with Crippen LogP contribution >= 0.6 is 27.3 Å². The van der Waals surface area contributed by atoms with Gasteiger partial charge in [-0.15, -0.1) is 11.3 Å². The maximum atomic E-state index is 5.73. The second-order valence-electron chi connectivity index (χ2n) is 4.66. The first-order valence-corrected chi connectivity index (χ1v) is 8.09. The highest BCUT2D eigenvalue weighted by atomic mass is 79.9. The van der Waals surface area contributed by atoms with Crippen LogP contribution in [0.2, 0.25) is 0 Å². The van der Waals surface area contributed by atoms with Gasteiger partial charge in [-0.25, -0.2) is 0 Å². The van der Waals surface area contributed by atoms with Gasteiger partial charge in [0.2, 0.25) is 0 Å². The minimum Gasteiger partial charge on any atom is -0.399 e. The van der Waals surface area contributed by atoms with E-state index in [0.29, 0.717) is 0 Å². The Hall–Kier alpha value is -0.840. The number of hydrogen-bond acceptors (Lipinski definition) is 3. The van der Waals surface area contributed by atoms with Crippen molar-refractivity contribution in [3.05, 3.63) is 50.6 Å². The molecule has 0 radical (unpaired) electrons. The van der Waals surface area contributed by atoms with Crippen LogP contribution in [0.15, 0.2) is 40.2 Å². The molecule has 0 aliphatic rings. The van der Waals surface area contributed by atoms with E-state index in [9.17, 15) is 0 Å². The Bertz CT molecular complexity index is 507. The molecule has 2 nitrogen and oxygen atoms in total. The van der Waals surface area contributed by atoms with E-state index in [1.807, 2.05) is 23.5 Å². The van der Waals surface area contributed by atoms with Crippen LogP contribution in [0.3, 0.4) is 0 Å². The lowest BCUT2D eigenvalue weighted by atomic mass is 10.2. The van der Waals surface area contributed by atoms with Gasteiger partial charge in [-0.2, -0.15) is 0 Å². The molecule has 2 rings (SSSR count). The molecule has 19 heavy (non-hydrogen) atoms. The number of anilines is 1. The first-order chi connectivity index (χ1) is 9.17. The highest BCUT2D eigenvalue weighted by Gasteiger charge is 2.08. The molecule has 0 unspecified atom stereocenters. The van der Waals surface area contributed by atoms with Crippen molar-refractivity contribution >= 4 is 33.0 Å². The summed E-state index contributed by atoms with van der Waals surface area (Å²) < 4.78 is 1.20. The molecule has 0 saturated heterocycles. The van der Waals surface area contributed by atoms with Crippen LogP contribution in [0.1, 0.15) is 23.8 Å². The summed E-state index contributed by atoms with van der Waals surface area (Å²) in [6, 6.07) is 12.5. The predicted octanol–water partition coefficient (Wildman–Crippen LogP) is 4.51. The fraction of sp³-hybridized carbons (Fsp3) is 0.333. The molecular weight excluding hydrogens is 320 g/mol. The Balaban J connectivity index is 2.01. The van der Waals surface area contributed by atoms with Gasteiger partial charge < -0.3 is 5.73 Å². The van der Waals surface area contributed by atoms with Crippen molar-refractivity contribution < 1.29 is 0 Å². The molecule has 0 amide bonds. The number of hydrogen-bond donors (Lipinski definition) is 1. The van der Waals surface area contributed by atoms with Gasteiger partial charge >= 0.3 is 0 Å². The van der Waals surface area contributed by atoms with E-state index in [1.165, 1.54) is 20.6 Å². The van der Waals surface area contributed by atoms with Gasteiger partial charge in [0.15, 0.2) is 0 Å². The minimum atomic E-state index is 0.827. The first kappa shape index (κ1) is 14.6. The summed E-state index contributed by atoms with van der Waals surface area (Å²) >= 11 is 5.33. The number of nitrogen functional groups attached to an aromatic ring is 1. The summed E-state index contributed by atoms with van der Waals surface area (Å²) in [6.07, 6.45) is 1.17. The van der Waals surface area contributed by atoms with Crippen molar-refractivity contribution in [2.75, 3.05) is 12.3 Å². The van der Waals surface area contributed by atoms with E-state index >= 15 is 0 Å². The zero-order chi connectivity index (χ0) is 13.7. The molecular formula is C15H19BrN2S. The smallest absolute Gasteiger partial charge is 0.0701 e. The van der Waals surface area contributed by atoms with Crippen molar-refractivity contribution in [1.29, 1.82) is 0 Å². The van der Waals surface area contributed by atoms with Crippen LogP contribution < -0.4 is 5.73 Å². The van der Waals surface area contributed by atoms with Crippen molar-refractivity contribution in [2.24, 2.45) is 0 Å². The molecule has 2 aromatic rings. The largest absolute Gasteiger partial charge is 0.399 e. The summed E-state index contributed by atoms with van der Waals surface area (Å²) in [4.78, 5) is 3.87. The van der Waals surface area contributed by atoms with Crippen LogP contribution in [-0.2, 0) is 13.1 Å². The quantitative estimate of drug-likeness (QED) is 0.785. The maximum Gasteiger partial charge on any atom is 0.0701 e. The molecule has 1 aromatic carbocycles. The summed E-state index contributed by atoms with van der Waals surface area (Å²) in [5.74, 6) is 0. The maximum absolute atomic E-state index is 5.73. The third-order valence-corrected chi connectivity index (χ3v) is 4.54. The number of thiophene rings is 1. The average Bonchev–Trinajstić information content (AvgIpc) is 2.78. The first-order valence-electron chi connectivity index (χ1n) is 6.48. The highest BCUT2D eigenvalue weighted by molar-refractivity contribution is 9.11. The van der Waals surface area contributed by atoms with Crippen molar-refractivity contribution in [2.45, 2.75) is 26.4 Å². The molecule has 0 aliphatic heterocycles. The fourth-order valence-corrected chi connectivity index (χ4v) is 3.59. The number of halogens is 1. The molecule has 0 bridgehead atoms. The normalized spacial score (nSPS) is 11.1. The van der Waals surface area contributed by atoms with E-state index in [-0.39, 0.29) is 0 Å². The SMILES string of the molecule is CCCN(Cc1ccc(N)cc1)Cc1ccc(Br)s1. The Morgan fingerprint density at radius 2 is 1.84 bits per heavy atom. The minimum absolute atomic E-state index is 0.827. The van der Waals surface area contributed by atoms with Gasteiger partial charge in [0.25, 0.3) is 0 Å². The summed E-state index contributed by atoms with van der Waals surface area (Å²) in [7, 11) is 0. The molecule has 2 N–H and O–H groups in total. The zero-order valence-electron chi connectivity index (χ0n) is 11.1. The third kappa shape index (κ3) is 4.64. The zero-order valence-corrected chi connectivity index (χ0v) is 13.5. The van der Waals surface area contributed by atoms with Gasteiger partial charge in [-0.3, -0.25) is 4.90 Å². The molecule has 102 valence electrons. The Morgan fingerprint density at radius 3 is 2.42 bits per heavy atom. The van der Waals surface area contributed by atoms with Crippen LogP contribution in [0.25, 0.3) is 0 Å². The van der Waals surface area contributed by atoms with E-state index in [2.05, 4.69) is 52.0 Å². The Labute approximate surface area is 127 Å². The van der Waals surface area contributed by atoms with Crippen LogP contribution in [0, 0.1) is 0 Å². The lowest BCUT2D eigenvalue weighted by Gasteiger charge is -2.21. The monoisotopic (exact) mass is 338 g/mol. The number of benzene rings is 1. The molecule has 1 aromatic heterocycles. The second kappa shape index (κ2) is 7.08. The number of nitrogens with two attached hydrogens (primary N) is 1. The molecule has 0 atom stereocenters. The molecule has 4 heteroatoms. The average molecular weight is 339 g/mol. The van der Waals surface area contributed by atoms with Gasteiger partial charge in [-0.1, -0.05) is 19.1 Å². The fourth-order valence-electron chi connectivity index (χ4n) is 2.07. The topological polar surface area (TPSA) is 29.3 Å². The number of rotatable bonds is 6. The molecule has 0 fully saturated rings. The highest BCUT2D eigenvalue weighted by Crippen LogP contribution is 2.24. The Morgan fingerprint density at radius 1 is 1.11 bits per heavy atom. The van der Waals surface area contributed by atoms with Gasteiger partial charge in [0.1, 0.15) is 0 Å². The van der Waals surface area contributed by atoms with E-state index in [4.69, 9.17) is 5.73 Å². The van der Waals surface area contributed by atoms with Crippen molar-refractivity contribution in [3.63, 3.8) is 0 Å². The van der Waals surface area contributed by atoms with Crippen LogP contribution in [-0.4, -0.2) is 11.4 Å². The molecule has 0 saturated carbocycles. The van der Waals surface area contributed by atoms with Gasteiger partial charge in [0.05, 0.1) is 3.79 Å². The third-order valence-electron chi connectivity index (χ3n) is 2.93. The summed E-state index contributed by atoms with van der Waals surface area (Å²) in [5.41, 5.74) is 7.87. The van der Waals surface area contributed by atoms with E-state index in [0.717, 1.165) is 25.3 Å². The van der Waals surface area contributed by atoms with E-state index < -0.39 is 0 Å². The predicted molar refractivity (Wildman–Crippen MR) is 87.3 cm³/mol. The molecule has 1 heterocycles. The summed E-state index contributed by atoms with van der Waals surface area (Å²) in [6.45, 7) is 5.32. The lowest BCUT2D eigenvalue weighted by molar-refractivity contribution is 0.259. The second-order valence-corrected chi connectivity index (χ2v) is 7.21. The summed E-state index contributed by atoms with van der Waals surface area (Å²) in [5, 5.41) is 0.